The van der Waals surface area contributed by atoms with Crippen LogP contribution in [0.15, 0.2) is 24.3 Å². The molecule has 2 heteroatoms. The van der Waals surface area contributed by atoms with Gasteiger partial charge in [-0.2, -0.15) is 0 Å². The average Bonchev–Trinajstić information content (AvgIpc) is 2.47. The molecule has 0 atom stereocenters. The molecule has 1 heterocycles. The minimum atomic E-state index is -0.147. The summed E-state index contributed by atoms with van der Waals surface area (Å²) in [7, 11) is 0. The Hall–Kier alpha value is -1.31. The monoisotopic (exact) mass is 165 g/mol. The Kier molecular flexibility index (Phi) is 2.39. The van der Waals surface area contributed by atoms with Crippen molar-refractivity contribution in [3.8, 4) is 0 Å². The topological polar surface area (TPSA) is 29.1 Å². The zero-order valence-corrected chi connectivity index (χ0v) is 7.37. The van der Waals surface area contributed by atoms with Crippen molar-refractivity contribution in [2.75, 3.05) is 5.31 Å². The lowest BCUT2D eigenvalue weighted by Gasteiger charge is -1.93. The minimum absolute atomic E-state index is 0.147. The number of nitrogens with one attached hydrogen (secondary N) is 1. The molecule has 0 bridgehead atoms. The van der Waals surface area contributed by atoms with Gasteiger partial charge in [-0.05, 0) is 11.6 Å². The smallest absolute Gasteiger partial charge is 0.228 e. The lowest BCUT2D eigenvalue weighted by molar-refractivity contribution is -0.115. The highest BCUT2D eigenvalue weighted by Crippen LogP contribution is 2.20. The van der Waals surface area contributed by atoms with Crippen molar-refractivity contribution < 1.29 is 6.21 Å². The third-order valence-corrected chi connectivity index (χ3v) is 1.58. The molecule has 0 aromatic heterocycles. The summed E-state index contributed by atoms with van der Waals surface area (Å²) in [6.07, 6.45) is 0.375. The first-order valence-electron chi connectivity index (χ1n) is 4.63. The first-order chi connectivity index (χ1) is 6.29. The normalized spacial score (nSPS) is 14.7. The summed E-state index contributed by atoms with van der Waals surface area (Å²) < 4.78 is 7.30. The number of carbonyl (C=O) groups is 1. The molecule has 2 nitrogen and oxygen atoms in total. The SMILES string of the molecule is CC.[3H]N1C(=O)Cc2ccccc21. The summed E-state index contributed by atoms with van der Waals surface area (Å²) in [5.41, 5.74) is 1.67. The summed E-state index contributed by atoms with van der Waals surface area (Å²) in [4.78, 5) is 11.0. The van der Waals surface area contributed by atoms with E-state index in [9.17, 15) is 4.79 Å². The highest BCUT2D eigenvalue weighted by Gasteiger charge is 2.15. The van der Waals surface area contributed by atoms with Gasteiger partial charge in [0, 0.05) is 5.69 Å². The molecule has 1 amide bonds. The predicted molar refractivity (Wildman–Crippen MR) is 50.1 cm³/mol. The second-order valence-electron chi connectivity index (χ2n) is 2.31. The van der Waals surface area contributed by atoms with Gasteiger partial charge in [0.1, 0.15) is 0 Å². The number of hydrogen-bond donors (Lipinski definition) is 1. The molecule has 12 heavy (non-hydrogen) atoms. The van der Waals surface area contributed by atoms with Crippen LogP contribution in [0.1, 0.15) is 19.4 Å². The molecule has 0 spiro atoms. The van der Waals surface area contributed by atoms with Gasteiger partial charge >= 0.3 is 0 Å². The first-order valence-corrected chi connectivity index (χ1v) is 4.19. The largest absolute Gasteiger partial charge is 0.326 e. The van der Waals surface area contributed by atoms with E-state index < -0.39 is 0 Å². The van der Waals surface area contributed by atoms with E-state index in [2.05, 4.69) is 0 Å². The van der Waals surface area contributed by atoms with Crippen molar-refractivity contribution >= 4 is 11.6 Å². The minimum Gasteiger partial charge on any atom is -0.326 e. The zero-order valence-electron chi connectivity index (χ0n) is 8.37. The van der Waals surface area contributed by atoms with Crippen molar-refractivity contribution in [3.05, 3.63) is 29.8 Å². The highest BCUT2D eigenvalue weighted by molar-refractivity contribution is 5.98. The number of amides is 1. The molecule has 0 unspecified atom stereocenters. The number of anilines is 1. The molecule has 1 aromatic rings. The number of para-hydroxylation sites is 1. The number of carbonyl (C=O) groups excluding carboxylic acids is 1. The quantitative estimate of drug-likeness (QED) is 0.627. The molecule has 0 aliphatic carbocycles. The van der Waals surface area contributed by atoms with Crippen LogP contribution in [0.3, 0.4) is 0 Å². The second-order valence-corrected chi connectivity index (χ2v) is 2.31. The fourth-order valence-electron chi connectivity index (χ4n) is 1.11. The third kappa shape index (κ3) is 1.64. The summed E-state index contributed by atoms with van der Waals surface area (Å²) in [6, 6.07) is 7.37. The lowest BCUT2D eigenvalue weighted by Crippen LogP contribution is -2.03. The van der Waals surface area contributed by atoms with E-state index in [4.69, 9.17) is 1.41 Å². The van der Waals surface area contributed by atoms with Gasteiger partial charge < -0.3 is 5.31 Å². The maximum Gasteiger partial charge on any atom is 0.228 e. The Balaban J connectivity index is 0.000000396. The molecular weight excluding hydrogens is 150 g/mol. The maximum atomic E-state index is 11.0. The highest BCUT2D eigenvalue weighted by atomic mass is 16.1. The van der Waals surface area contributed by atoms with E-state index in [1.165, 1.54) is 0 Å². The molecule has 0 saturated heterocycles. The van der Waals surface area contributed by atoms with E-state index in [0.717, 1.165) is 16.6 Å². The fraction of sp³-hybridized carbons (Fsp3) is 0.300. The van der Waals surface area contributed by atoms with Crippen LogP contribution < -0.4 is 5.31 Å². The molecule has 0 saturated carbocycles. The van der Waals surface area contributed by atoms with Crippen molar-refractivity contribution in [3.63, 3.8) is 0 Å². The molecule has 0 radical (unpaired) electrons. The standard InChI is InChI=1S/C8H7NO.C2H6/c10-8-5-6-3-1-2-4-7(6)9-8;1-2/h1-4H,5H2,(H,9,10);1-2H3/i/hT. The van der Waals surface area contributed by atoms with Crippen LogP contribution in [0.4, 0.5) is 5.69 Å². The van der Waals surface area contributed by atoms with E-state index in [0.29, 0.717) is 6.42 Å². The number of fused-ring (bicyclic) bond motifs is 1. The molecular formula is C10H13NO. The Morgan fingerprint density at radius 3 is 2.75 bits per heavy atom. The average molecular weight is 165 g/mol. The molecule has 1 N–H and O–H groups in total. The van der Waals surface area contributed by atoms with Crippen LogP contribution in [0.5, 0.6) is 0 Å². The van der Waals surface area contributed by atoms with Crippen molar-refractivity contribution in [2.45, 2.75) is 20.3 Å². The number of rotatable bonds is 0. The number of hydrogen-bond acceptors (Lipinski definition) is 1. The van der Waals surface area contributed by atoms with Crippen LogP contribution in [0.25, 0.3) is 0 Å². The van der Waals surface area contributed by atoms with E-state index in [1.807, 2.05) is 32.0 Å². The molecule has 64 valence electrons. The van der Waals surface area contributed by atoms with Crippen molar-refractivity contribution in [1.29, 1.82) is 0 Å². The summed E-state index contributed by atoms with van der Waals surface area (Å²) >= 11 is 0. The summed E-state index contributed by atoms with van der Waals surface area (Å²) in [6.45, 7) is 4.00. The van der Waals surface area contributed by atoms with Gasteiger partial charge in [0.15, 0.2) is 1.41 Å². The first kappa shape index (κ1) is 7.35. The number of benzene rings is 1. The van der Waals surface area contributed by atoms with Crippen LogP contribution in [-0.4, -0.2) is 5.91 Å². The van der Waals surface area contributed by atoms with E-state index >= 15 is 0 Å². The van der Waals surface area contributed by atoms with Crippen molar-refractivity contribution in [1.82, 2.24) is 0 Å². The summed E-state index contributed by atoms with van der Waals surface area (Å²) in [5, 5.41) is 0.954. The van der Waals surface area contributed by atoms with Gasteiger partial charge in [-0.3, -0.25) is 4.79 Å². The van der Waals surface area contributed by atoms with E-state index in [1.54, 1.807) is 6.07 Å². The van der Waals surface area contributed by atoms with Gasteiger partial charge in [-0.25, -0.2) is 0 Å². The third-order valence-electron chi connectivity index (χ3n) is 1.58. The molecule has 1 aliphatic heterocycles. The molecule has 1 aliphatic rings. The fourth-order valence-corrected chi connectivity index (χ4v) is 1.11. The van der Waals surface area contributed by atoms with Gasteiger partial charge in [0.25, 0.3) is 0 Å². The van der Waals surface area contributed by atoms with Gasteiger partial charge in [-0.15, -0.1) is 0 Å². The Labute approximate surface area is 74.1 Å². The maximum absolute atomic E-state index is 11.0. The van der Waals surface area contributed by atoms with Crippen molar-refractivity contribution in [2.24, 2.45) is 0 Å². The zero-order chi connectivity index (χ0) is 9.84. The van der Waals surface area contributed by atoms with Crippen LogP contribution in [0, 0.1) is 0 Å². The van der Waals surface area contributed by atoms with Gasteiger partial charge in [0.2, 0.25) is 5.91 Å². The Bertz CT molecular complexity index is 312. The van der Waals surface area contributed by atoms with Gasteiger partial charge in [0.05, 0.1) is 6.42 Å². The Morgan fingerprint density at radius 2 is 2.08 bits per heavy atom. The van der Waals surface area contributed by atoms with Crippen LogP contribution in [0.2, 0.25) is 1.41 Å². The van der Waals surface area contributed by atoms with E-state index in [-0.39, 0.29) is 5.91 Å². The summed E-state index contributed by atoms with van der Waals surface area (Å²) in [5.74, 6) is -0.147. The van der Waals surface area contributed by atoms with Crippen LogP contribution >= 0.6 is 0 Å². The van der Waals surface area contributed by atoms with Gasteiger partial charge in [-0.1, -0.05) is 32.0 Å². The lowest BCUT2D eigenvalue weighted by atomic mass is 10.2. The predicted octanol–water partition coefficient (Wildman–Crippen LogP) is 2.21. The Morgan fingerprint density at radius 1 is 1.42 bits per heavy atom. The molecule has 2 rings (SSSR count). The second kappa shape index (κ2) is 3.90. The molecule has 1 aromatic carbocycles. The molecule has 0 fully saturated rings. The van der Waals surface area contributed by atoms with Crippen LogP contribution in [-0.2, 0) is 11.2 Å².